The normalized spacial score (nSPS) is 11.0. The molecule has 10 heteroatoms. The number of benzene rings is 1. The first-order valence-electron chi connectivity index (χ1n) is 7.98. The molecule has 1 aromatic heterocycles. The SMILES string of the molecule is COC(=O)c1sc(S(=O)(=O)NC(=O)c2cccc(C)c2C)c(C(=O)OC)c1C. The number of amides is 1. The molecule has 2 aromatic rings. The Morgan fingerprint density at radius 2 is 1.57 bits per heavy atom. The minimum Gasteiger partial charge on any atom is -0.465 e. The van der Waals surface area contributed by atoms with E-state index in [0.717, 1.165) is 19.8 Å². The summed E-state index contributed by atoms with van der Waals surface area (Å²) in [6, 6.07) is 4.92. The van der Waals surface area contributed by atoms with Crippen molar-refractivity contribution in [1.29, 1.82) is 0 Å². The largest absolute Gasteiger partial charge is 0.465 e. The van der Waals surface area contributed by atoms with E-state index < -0.39 is 32.1 Å². The minimum atomic E-state index is -4.46. The second-order valence-electron chi connectivity index (χ2n) is 5.88. The van der Waals surface area contributed by atoms with Gasteiger partial charge in [-0.15, -0.1) is 11.3 Å². The van der Waals surface area contributed by atoms with E-state index in [0.29, 0.717) is 16.9 Å². The van der Waals surface area contributed by atoms with E-state index in [9.17, 15) is 22.8 Å². The molecule has 28 heavy (non-hydrogen) atoms. The fraction of sp³-hybridized carbons (Fsp3) is 0.278. The zero-order valence-electron chi connectivity index (χ0n) is 15.9. The zero-order valence-corrected chi connectivity index (χ0v) is 17.5. The van der Waals surface area contributed by atoms with Gasteiger partial charge in [0, 0.05) is 5.56 Å². The van der Waals surface area contributed by atoms with Gasteiger partial charge in [0.1, 0.15) is 4.88 Å². The van der Waals surface area contributed by atoms with Crippen LogP contribution in [0.25, 0.3) is 0 Å². The number of hydrogen-bond acceptors (Lipinski definition) is 8. The van der Waals surface area contributed by atoms with Gasteiger partial charge in [-0.3, -0.25) is 4.79 Å². The number of sulfonamides is 1. The van der Waals surface area contributed by atoms with Crippen molar-refractivity contribution in [3.05, 3.63) is 50.9 Å². The maximum absolute atomic E-state index is 12.8. The first-order valence-corrected chi connectivity index (χ1v) is 10.3. The van der Waals surface area contributed by atoms with Crippen molar-refractivity contribution in [1.82, 2.24) is 4.72 Å². The highest BCUT2D eigenvalue weighted by molar-refractivity contribution is 7.92. The third kappa shape index (κ3) is 3.92. The zero-order chi connectivity index (χ0) is 21.2. The highest BCUT2D eigenvalue weighted by Crippen LogP contribution is 2.33. The first-order chi connectivity index (χ1) is 13.0. The van der Waals surface area contributed by atoms with E-state index in [4.69, 9.17) is 0 Å². The number of ether oxygens (including phenoxy) is 2. The average molecular weight is 425 g/mol. The van der Waals surface area contributed by atoms with E-state index in [2.05, 4.69) is 9.47 Å². The molecule has 1 aromatic carbocycles. The molecule has 0 aliphatic carbocycles. The third-order valence-electron chi connectivity index (χ3n) is 4.20. The van der Waals surface area contributed by atoms with Crippen LogP contribution in [0.2, 0.25) is 0 Å². The first kappa shape index (κ1) is 21.6. The van der Waals surface area contributed by atoms with Gasteiger partial charge in [0.05, 0.1) is 19.8 Å². The number of rotatable bonds is 5. The molecule has 0 saturated heterocycles. The van der Waals surface area contributed by atoms with Crippen molar-refractivity contribution in [2.24, 2.45) is 0 Å². The smallest absolute Gasteiger partial charge is 0.348 e. The molecule has 2 rings (SSSR count). The summed E-state index contributed by atoms with van der Waals surface area (Å²) in [6.45, 7) is 4.89. The summed E-state index contributed by atoms with van der Waals surface area (Å²) in [5, 5.41) is 0. The van der Waals surface area contributed by atoms with E-state index in [1.807, 2.05) is 4.72 Å². The van der Waals surface area contributed by atoms with Gasteiger partial charge in [-0.1, -0.05) is 12.1 Å². The maximum atomic E-state index is 12.8. The molecule has 0 bridgehead atoms. The van der Waals surface area contributed by atoms with Crippen molar-refractivity contribution < 1.29 is 32.3 Å². The third-order valence-corrected chi connectivity index (χ3v) is 7.32. The fourth-order valence-electron chi connectivity index (χ4n) is 2.52. The summed E-state index contributed by atoms with van der Waals surface area (Å²) in [5.41, 5.74) is 1.42. The number of aryl methyl sites for hydroxylation is 1. The number of carbonyl (C=O) groups excluding carboxylic acids is 3. The van der Waals surface area contributed by atoms with Crippen LogP contribution in [0.5, 0.6) is 0 Å². The maximum Gasteiger partial charge on any atom is 0.348 e. The number of methoxy groups -OCH3 is 2. The molecule has 1 heterocycles. The molecule has 0 fully saturated rings. The van der Waals surface area contributed by atoms with Gasteiger partial charge in [-0.2, -0.15) is 0 Å². The second kappa shape index (κ2) is 8.11. The van der Waals surface area contributed by atoms with Crippen LogP contribution in [0.3, 0.4) is 0 Å². The van der Waals surface area contributed by atoms with Crippen molar-refractivity contribution in [2.45, 2.75) is 25.0 Å². The second-order valence-corrected chi connectivity index (χ2v) is 8.78. The van der Waals surface area contributed by atoms with Crippen LogP contribution in [-0.4, -0.2) is 40.5 Å². The Morgan fingerprint density at radius 3 is 2.14 bits per heavy atom. The van der Waals surface area contributed by atoms with Gasteiger partial charge < -0.3 is 9.47 Å². The molecule has 1 N–H and O–H groups in total. The van der Waals surface area contributed by atoms with Crippen LogP contribution in [0.4, 0.5) is 0 Å². The Kier molecular flexibility index (Phi) is 6.25. The lowest BCUT2D eigenvalue weighted by molar-refractivity contribution is 0.0596. The molecular formula is C18H19NO7S2. The van der Waals surface area contributed by atoms with Crippen LogP contribution in [0, 0.1) is 20.8 Å². The highest BCUT2D eigenvalue weighted by Gasteiger charge is 2.33. The van der Waals surface area contributed by atoms with Crippen LogP contribution < -0.4 is 4.72 Å². The Hall–Kier alpha value is -2.72. The molecule has 0 spiro atoms. The van der Waals surface area contributed by atoms with E-state index in [1.54, 1.807) is 26.0 Å². The molecule has 0 radical (unpaired) electrons. The fourth-order valence-corrected chi connectivity index (χ4v) is 5.23. The molecule has 0 atom stereocenters. The highest BCUT2D eigenvalue weighted by atomic mass is 32.2. The van der Waals surface area contributed by atoms with Gasteiger partial charge in [-0.25, -0.2) is 22.7 Å². The molecular weight excluding hydrogens is 406 g/mol. The standard InChI is InChI=1S/C18H19NO7S2/c1-9-7-6-8-12(10(9)2)15(20)19-28(23,24)18-13(16(21)25-4)11(3)14(27-18)17(22)26-5/h6-8H,1-5H3,(H,19,20). The molecule has 0 unspecified atom stereocenters. The van der Waals surface area contributed by atoms with Gasteiger partial charge in [0.25, 0.3) is 15.9 Å². The lowest BCUT2D eigenvalue weighted by Crippen LogP contribution is -2.31. The number of esters is 2. The number of nitrogens with one attached hydrogen (secondary N) is 1. The van der Waals surface area contributed by atoms with Crippen LogP contribution in [-0.2, 0) is 19.5 Å². The number of thiophene rings is 1. The summed E-state index contributed by atoms with van der Waals surface area (Å²) in [4.78, 5) is 36.5. The minimum absolute atomic E-state index is 0.0672. The van der Waals surface area contributed by atoms with Crippen LogP contribution in [0.15, 0.2) is 22.4 Å². The molecule has 8 nitrogen and oxygen atoms in total. The van der Waals surface area contributed by atoms with Crippen LogP contribution in [0.1, 0.15) is 47.1 Å². The Labute approximate surface area is 166 Å². The molecule has 0 aliphatic heterocycles. The monoisotopic (exact) mass is 425 g/mol. The van der Waals surface area contributed by atoms with E-state index in [-0.39, 0.29) is 21.6 Å². The van der Waals surface area contributed by atoms with Crippen molar-refractivity contribution in [2.75, 3.05) is 14.2 Å². The Morgan fingerprint density at radius 1 is 0.964 bits per heavy atom. The van der Waals surface area contributed by atoms with Crippen molar-refractivity contribution >= 4 is 39.2 Å². The lowest BCUT2D eigenvalue weighted by atomic mass is 10.0. The molecule has 150 valence electrons. The molecule has 0 saturated carbocycles. The van der Waals surface area contributed by atoms with Gasteiger partial charge >= 0.3 is 11.9 Å². The van der Waals surface area contributed by atoms with Crippen molar-refractivity contribution in [3.63, 3.8) is 0 Å². The van der Waals surface area contributed by atoms with Gasteiger partial charge in [0.15, 0.2) is 4.21 Å². The number of carbonyl (C=O) groups is 3. The summed E-state index contributed by atoms with van der Waals surface area (Å²) in [6.07, 6.45) is 0. The Bertz CT molecular complexity index is 1070. The summed E-state index contributed by atoms with van der Waals surface area (Å²) >= 11 is 0.536. The molecule has 0 aliphatic rings. The van der Waals surface area contributed by atoms with Crippen molar-refractivity contribution in [3.8, 4) is 0 Å². The topological polar surface area (TPSA) is 116 Å². The predicted molar refractivity (Wildman–Crippen MR) is 102 cm³/mol. The molecule has 1 amide bonds. The van der Waals surface area contributed by atoms with E-state index >= 15 is 0 Å². The predicted octanol–water partition coefficient (Wildman–Crippen LogP) is 2.37. The van der Waals surface area contributed by atoms with Gasteiger partial charge in [0.2, 0.25) is 0 Å². The van der Waals surface area contributed by atoms with E-state index in [1.165, 1.54) is 13.0 Å². The van der Waals surface area contributed by atoms with Gasteiger partial charge in [-0.05, 0) is 43.5 Å². The number of hydrogen-bond donors (Lipinski definition) is 1. The van der Waals surface area contributed by atoms with Crippen LogP contribution >= 0.6 is 11.3 Å². The summed E-state index contributed by atoms with van der Waals surface area (Å²) in [7, 11) is -2.24. The summed E-state index contributed by atoms with van der Waals surface area (Å²) < 4.78 is 36.4. The Balaban J connectivity index is 2.56. The quantitative estimate of drug-likeness (QED) is 0.731. The lowest BCUT2D eigenvalue weighted by Gasteiger charge is -2.10. The summed E-state index contributed by atoms with van der Waals surface area (Å²) in [5.74, 6) is -2.58. The average Bonchev–Trinajstić information content (AvgIpc) is 3.00.